The Hall–Kier alpha value is -2.21. The summed E-state index contributed by atoms with van der Waals surface area (Å²) in [5.74, 6) is 0.331. The molecule has 1 heterocycles. The minimum Gasteiger partial charge on any atom is -0.481 e. The van der Waals surface area contributed by atoms with Crippen molar-refractivity contribution in [3.05, 3.63) is 35.7 Å². The summed E-state index contributed by atoms with van der Waals surface area (Å²) in [7, 11) is 1.91. The molecule has 0 spiro atoms. The van der Waals surface area contributed by atoms with Gasteiger partial charge in [-0.25, -0.2) is 0 Å². The average Bonchev–Trinajstić information content (AvgIpc) is 2.87. The van der Waals surface area contributed by atoms with E-state index in [1.807, 2.05) is 43.1 Å². The van der Waals surface area contributed by atoms with E-state index < -0.39 is 5.97 Å². The van der Waals surface area contributed by atoms with E-state index in [-0.39, 0.29) is 6.42 Å². The summed E-state index contributed by atoms with van der Waals surface area (Å²) < 4.78 is 5.25. The fraction of sp³-hybridized carbons (Fsp3) is 0.400. The van der Waals surface area contributed by atoms with Crippen LogP contribution in [0.15, 0.2) is 28.8 Å². The van der Waals surface area contributed by atoms with Crippen molar-refractivity contribution < 1.29 is 14.4 Å². The van der Waals surface area contributed by atoms with Crippen LogP contribution in [0, 0.1) is 6.92 Å². The van der Waals surface area contributed by atoms with Crippen molar-refractivity contribution in [2.24, 2.45) is 0 Å². The fourth-order valence-electron chi connectivity index (χ4n) is 1.95. The molecule has 1 N–H and O–H groups in total. The number of rotatable bonds is 7. The zero-order chi connectivity index (χ0) is 15.2. The molecule has 0 fully saturated rings. The van der Waals surface area contributed by atoms with E-state index in [9.17, 15) is 4.79 Å². The van der Waals surface area contributed by atoms with E-state index in [1.165, 1.54) is 5.56 Å². The lowest BCUT2D eigenvalue weighted by molar-refractivity contribution is -0.137. The molecule has 0 aliphatic rings. The Morgan fingerprint density at radius 1 is 1.33 bits per heavy atom. The van der Waals surface area contributed by atoms with Crippen molar-refractivity contribution in [3.63, 3.8) is 0 Å². The Morgan fingerprint density at radius 2 is 2.05 bits per heavy atom. The summed E-state index contributed by atoms with van der Waals surface area (Å²) in [5, 5.41) is 12.6. The second-order valence-corrected chi connectivity index (χ2v) is 5.12. The first-order valence-electron chi connectivity index (χ1n) is 6.84. The normalized spacial score (nSPS) is 11.0. The molecule has 0 bridgehead atoms. The number of carboxylic acid groups (broad SMARTS) is 1. The van der Waals surface area contributed by atoms with Crippen molar-refractivity contribution in [1.82, 2.24) is 15.0 Å². The van der Waals surface area contributed by atoms with Gasteiger partial charge in [0.05, 0.1) is 6.54 Å². The topological polar surface area (TPSA) is 79.5 Å². The van der Waals surface area contributed by atoms with Crippen molar-refractivity contribution in [2.75, 3.05) is 13.6 Å². The van der Waals surface area contributed by atoms with Gasteiger partial charge in [-0.15, -0.1) is 0 Å². The van der Waals surface area contributed by atoms with Crippen molar-refractivity contribution >= 4 is 5.97 Å². The summed E-state index contributed by atoms with van der Waals surface area (Å²) in [4.78, 5) is 16.8. The van der Waals surface area contributed by atoms with Crippen LogP contribution < -0.4 is 0 Å². The highest BCUT2D eigenvalue weighted by Crippen LogP contribution is 2.17. The second-order valence-electron chi connectivity index (χ2n) is 5.12. The monoisotopic (exact) mass is 289 g/mol. The summed E-state index contributed by atoms with van der Waals surface area (Å²) in [6.45, 7) is 3.24. The number of nitrogens with zero attached hydrogens (tertiary/aromatic N) is 3. The van der Waals surface area contributed by atoms with Gasteiger partial charge in [-0.1, -0.05) is 22.9 Å². The average molecular weight is 289 g/mol. The molecule has 0 aliphatic carbocycles. The third kappa shape index (κ3) is 4.68. The van der Waals surface area contributed by atoms with E-state index in [1.54, 1.807) is 0 Å². The first-order valence-corrected chi connectivity index (χ1v) is 6.84. The maximum absolute atomic E-state index is 10.5. The van der Waals surface area contributed by atoms with E-state index >= 15 is 0 Å². The molecule has 6 nitrogen and oxygen atoms in total. The van der Waals surface area contributed by atoms with Crippen LogP contribution in [0.25, 0.3) is 11.5 Å². The van der Waals surface area contributed by atoms with E-state index in [2.05, 4.69) is 10.1 Å². The number of aryl methyl sites for hydroxylation is 1. The van der Waals surface area contributed by atoms with Crippen molar-refractivity contribution in [1.29, 1.82) is 0 Å². The van der Waals surface area contributed by atoms with Gasteiger partial charge < -0.3 is 9.63 Å². The molecular formula is C15H19N3O3. The smallest absolute Gasteiger partial charge is 0.303 e. The van der Waals surface area contributed by atoms with E-state index in [4.69, 9.17) is 9.63 Å². The lowest BCUT2D eigenvalue weighted by atomic mass is 10.1. The first-order chi connectivity index (χ1) is 10.0. The molecular weight excluding hydrogens is 270 g/mol. The molecule has 2 rings (SSSR count). The molecule has 0 saturated heterocycles. The Kier molecular flexibility index (Phi) is 5.05. The van der Waals surface area contributed by atoms with Gasteiger partial charge in [0.1, 0.15) is 0 Å². The van der Waals surface area contributed by atoms with Crippen LogP contribution in [0.1, 0.15) is 24.2 Å². The largest absolute Gasteiger partial charge is 0.481 e. The maximum atomic E-state index is 10.5. The highest BCUT2D eigenvalue weighted by molar-refractivity contribution is 5.66. The van der Waals surface area contributed by atoms with Gasteiger partial charge in [0, 0.05) is 12.0 Å². The first kappa shape index (κ1) is 15.2. The molecule has 0 unspecified atom stereocenters. The van der Waals surface area contributed by atoms with E-state index in [0.717, 1.165) is 5.56 Å². The van der Waals surface area contributed by atoms with E-state index in [0.29, 0.717) is 31.2 Å². The quantitative estimate of drug-likeness (QED) is 0.842. The Morgan fingerprint density at radius 3 is 2.71 bits per heavy atom. The lowest BCUT2D eigenvalue weighted by Gasteiger charge is -2.12. The van der Waals surface area contributed by atoms with Crippen LogP contribution in [-0.2, 0) is 11.3 Å². The van der Waals surface area contributed by atoms with Gasteiger partial charge >= 0.3 is 5.97 Å². The Bertz CT molecular complexity index is 592. The molecule has 0 atom stereocenters. The highest BCUT2D eigenvalue weighted by atomic mass is 16.5. The number of carboxylic acids is 1. The van der Waals surface area contributed by atoms with Gasteiger partial charge in [-0.2, -0.15) is 4.98 Å². The van der Waals surface area contributed by atoms with Crippen LogP contribution in [0.2, 0.25) is 0 Å². The van der Waals surface area contributed by atoms with Gasteiger partial charge in [0.15, 0.2) is 5.82 Å². The van der Waals surface area contributed by atoms with Crippen LogP contribution in [0.5, 0.6) is 0 Å². The number of aliphatic carboxylic acids is 1. The van der Waals surface area contributed by atoms with Gasteiger partial charge in [0.2, 0.25) is 0 Å². The third-order valence-electron chi connectivity index (χ3n) is 3.11. The number of hydrogen-bond donors (Lipinski definition) is 1. The molecule has 1 aromatic heterocycles. The summed E-state index contributed by atoms with van der Waals surface area (Å²) >= 11 is 0. The summed E-state index contributed by atoms with van der Waals surface area (Å²) in [6, 6.07) is 7.89. The summed E-state index contributed by atoms with van der Waals surface area (Å²) in [5.41, 5.74) is 2.07. The molecule has 0 radical (unpaired) electrons. The fourth-order valence-corrected chi connectivity index (χ4v) is 1.95. The minimum atomic E-state index is -0.774. The number of carbonyl (C=O) groups is 1. The molecule has 0 aliphatic heterocycles. The Labute approximate surface area is 123 Å². The molecule has 0 saturated carbocycles. The minimum absolute atomic E-state index is 0.172. The van der Waals surface area contributed by atoms with Gasteiger partial charge in [-0.3, -0.25) is 9.69 Å². The lowest BCUT2D eigenvalue weighted by Crippen LogP contribution is -2.20. The van der Waals surface area contributed by atoms with Gasteiger partial charge in [-0.05, 0) is 39.1 Å². The van der Waals surface area contributed by atoms with Crippen LogP contribution >= 0.6 is 0 Å². The molecule has 112 valence electrons. The van der Waals surface area contributed by atoms with Crippen molar-refractivity contribution in [2.45, 2.75) is 26.3 Å². The third-order valence-corrected chi connectivity index (χ3v) is 3.11. The molecule has 6 heteroatoms. The number of benzene rings is 1. The zero-order valence-electron chi connectivity index (χ0n) is 12.2. The van der Waals surface area contributed by atoms with Crippen molar-refractivity contribution in [3.8, 4) is 11.5 Å². The molecule has 2 aromatic rings. The van der Waals surface area contributed by atoms with Gasteiger partial charge in [0.25, 0.3) is 5.89 Å². The van der Waals surface area contributed by atoms with Crippen LogP contribution in [0.3, 0.4) is 0 Å². The van der Waals surface area contributed by atoms with Crippen LogP contribution in [-0.4, -0.2) is 39.7 Å². The molecule has 1 aromatic carbocycles. The zero-order valence-corrected chi connectivity index (χ0v) is 12.2. The number of aromatic nitrogens is 2. The standard InChI is InChI=1S/C15H19N3O3/c1-11-5-7-12(8-6-11)15-16-13(17-21-15)10-18(2)9-3-4-14(19)20/h5-8H,3-4,9-10H2,1-2H3,(H,19,20). The number of hydrogen-bond acceptors (Lipinski definition) is 5. The predicted octanol–water partition coefficient (Wildman–Crippen LogP) is 2.34. The van der Waals surface area contributed by atoms with Crippen LogP contribution in [0.4, 0.5) is 0 Å². The Balaban J connectivity index is 1.90. The predicted molar refractivity (Wildman–Crippen MR) is 77.7 cm³/mol. The second kappa shape index (κ2) is 6.99. The molecule has 21 heavy (non-hydrogen) atoms. The molecule has 0 amide bonds. The summed E-state index contributed by atoms with van der Waals surface area (Å²) in [6.07, 6.45) is 0.777. The SMILES string of the molecule is Cc1ccc(-c2nc(CN(C)CCCC(=O)O)no2)cc1. The maximum Gasteiger partial charge on any atom is 0.303 e. The highest BCUT2D eigenvalue weighted by Gasteiger charge is 2.10.